The van der Waals surface area contributed by atoms with Gasteiger partial charge in [0.2, 0.25) is 0 Å². The molecule has 2 aliphatic rings. The highest BCUT2D eigenvalue weighted by Gasteiger charge is 2.45. The van der Waals surface area contributed by atoms with E-state index < -0.39 is 0 Å². The lowest BCUT2D eigenvalue weighted by molar-refractivity contribution is -0.0357. The summed E-state index contributed by atoms with van der Waals surface area (Å²) in [5.74, 6) is 0.933. The molecule has 1 aliphatic heterocycles. The van der Waals surface area contributed by atoms with E-state index in [4.69, 9.17) is 5.73 Å². The SMILES string of the molecule is CN1CC(CN)(C2CCCCC2)C1. The third-order valence-corrected chi connectivity index (χ3v) is 4.05. The molecule has 13 heavy (non-hydrogen) atoms. The Morgan fingerprint density at radius 1 is 1.23 bits per heavy atom. The minimum atomic E-state index is 0.509. The molecule has 1 saturated heterocycles. The van der Waals surface area contributed by atoms with E-state index in [0.29, 0.717) is 5.41 Å². The van der Waals surface area contributed by atoms with Crippen molar-refractivity contribution in [3.8, 4) is 0 Å². The van der Waals surface area contributed by atoms with Crippen molar-refractivity contribution in [2.24, 2.45) is 17.1 Å². The van der Waals surface area contributed by atoms with Crippen LogP contribution in [0.15, 0.2) is 0 Å². The molecule has 2 nitrogen and oxygen atoms in total. The van der Waals surface area contributed by atoms with Crippen LogP contribution in [0.1, 0.15) is 32.1 Å². The Labute approximate surface area is 81.5 Å². The van der Waals surface area contributed by atoms with Crippen LogP contribution in [0.3, 0.4) is 0 Å². The van der Waals surface area contributed by atoms with Crippen LogP contribution < -0.4 is 5.73 Å². The second-order valence-electron chi connectivity index (χ2n) is 5.07. The van der Waals surface area contributed by atoms with Crippen LogP contribution in [0, 0.1) is 11.3 Å². The zero-order valence-electron chi connectivity index (χ0n) is 8.76. The Balaban J connectivity index is 1.95. The van der Waals surface area contributed by atoms with E-state index in [0.717, 1.165) is 12.5 Å². The predicted molar refractivity (Wildman–Crippen MR) is 55.6 cm³/mol. The highest BCUT2D eigenvalue weighted by Crippen LogP contribution is 2.43. The van der Waals surface area contributed by atoms with Crippen LogP contribution in [0.5, 0.6) is 0 Å². The molecule has 2 fully saturated rings. The Morgan fingerprint density at radius 3 is 2.31 bits per heavy atom. The van der Waals surface area contributed by atoms with Gasteiger partial charge in [-0.05, 0) is 25.8 Å². The summed E-state index contributed by atoms with van der Waals surface area (Å²) < 4.78 is 0. The number of nitrogens with zero attached hydrogens (tertiary/aromatic N) is 1. The number of rotatable bonds is 2. The molecule has 1 saturated carbocycles. The van der Waals surface area contributed by atoms with Gasteiger partial charge in [-0.15, -0.1) is 0 Å². The van der Waals surface area contributed by atoms with Crippen LogP contribution in [0.25, 0.3) is 0 Å². The van der Waals surface area contributed by atoms with Crippen molar-refractivity contribution >= 4 is 0 Å². The topological polar surface area (TPSA) is 29.3 Å². The molecule has 0 aromatic rings. The normalized spacial score (nSPS) is 30.0. The molecule has 0 aromatic heterocycles. The lowest BCUT2D eigenvalue weighted by Crippen LogP contribution is -2.61. The van der Waals surface area contributed by atoms with E-state index in [9.17, 15) is 0 Å². The van der Waals surface area contributed by atoms with Crippen molar-refractivity contribution in [1.82, 2.24) is 4.90 Å². The Kier molecular flexibility index (Phi) is 2.61. The van der Waals surface area contributed by atoms with E-state index in [1.54, 1.807) is 0 Å². The highest BCUT2D eigenvalue weighted by molar-refractivity contribution is 4.99. The average molecular weight is 182 g/mol. The number of hydrogen-bond acceptors (Lipinski definition) is 2. The number of likely N-dealkylation sites (tertiary alicyclic amines) is 1. The van der Waals surface area contributed by atoms with E-state index >= 15 is 0 Å². The van der Waals surface area contributed by atoms with Gasteiger partial charge in [0.1, 0.15) is 0 Å². The van der Waals surface area contributed by atoms with Crippen LogP contribution in [0.4, 0.5) is 0 Å². The highest BCUT2D eigenvalue weighted by atomic mass is 15.2. The van der Waals surface area contributed by atoms with E-state index in [-0.39, 0.29) is 0 Å². The lowest BCUT2D eigenvalue weighted by atomic mass is 9.64. The lowest BCUT2D eigenvalue weighted by Gasteiger charge is -2.54. The summed E-state index contributed by atoms with van der Waals surface area (Å²) in [5, 5.41) is 0. The van der Waals surface area contributed by atoms with Crippen molar-refractivity contribution in [3.63, 3.8) is 0 Å². The smallest absolute Gasteiger partial charge is 0.0108 e. The standard InChI is InChI=1S/C11H22N2/c1-13-8-11(7-12,9-13)10-5-3-2-4-6-10/h10H,2-9,12H2,1H3. The van der Waals surface area contributed by atoms with Gasteiger partial charge in [0.25, 0.3) is 0 Å². The van der Waals surface area contributed by atoms with Gasteiger partial charge in [0.15, 0.2) is 0 Å². The summed E-state index contributed by atoms with van der Waals surface area (Å²) in [6, 6.07) is 0. The van der Waals surface area contributed by atoms with Crippen molar-refractivity contribution in [2.75, 3.05) is 26.7 Å². The summed E-state index contributed by atoms with van der Waals surface area (Å²) in [6.07, 6.45) is 7.20. The average Bonchev–Trinajstić information content (AvgIpc) is 2.14. The molecular formula is C11H22N2. The molecule has 76 valence electrons. The minimum absolute atomic E-state index is 0.509. The van der Waals surface area contributed by atoms with Crippen LogP contribution in [-0.4, -0.2) is 31.6 Å². The van der Waals surface area contributed by atoms with Gasteiger partial charge in [-0.25, -0.2) is 0 Å². The van der Waals surface area contributed by atoms with Crippen LogP contribution >= 0.6 is 0 Å². The fourth-order valence-electron chi connectivity index (χ4n) is 3.30. The fraction of sp³-hybridized carbons (Fsp3) is 1.00. The maximum Gasteiger partial charge on any atom is 0.0108 e. The third kappa shape index (κ3) is 1.62. The van der Waals surface area contributed by atoms with E-state index in [2.05, 4.69) is 11.9 Å². The van der Waals surface area contributed by atoms with Gasteiger partial charge in [0.05, 0.1) is 0 Å². The molecule has 1 heterocycles. The monoisotopic (exact) mass is 182 g/mol. The molecule has 2 rings (SSSR count). The predicted octanol–water partition coefficient (Wildman–Crippen LogP) is 1.46. The molecule has 2 heteroatoms. The Bertz CT molecular complexity index is 167. The first kappa shape index (κ1) is 9.47. The molecule has 0 radical (unpaired) electrons. The molecule has 2 N–H and O–H groups in total. The van der Waals surface area contributed by atoms with Crippen LogP contribution in [-0.2, 0) is 0 Å². The first-order chi connectivity index (χ1) is 6.27. The molecule has 0 bridgehead atoms. The third-order valence-electron chi connectivity index (χ3n) is 4.05. The minimum Gasteiger partial charge on any atom is -0.330 e. The Hall–Kier alpha value is -0.0800. The van der Waals surface area contributed by atoms with Gasteiger partial charge >= 0.3 is 0 Å². The molecule has 0 unspecified atom stereocenters. The fourth-order valence-corrected chi connectivity index (χ4v) is 3.30. The molecule has 1 aliphatic carbocycles. The van der Waals surface area contributed by atoms with Gasteiger partial charge in [-0.1, -0.05) is 19.3 Å². The summed E-state index contributed by atoms with van der Waals surface area (Å²) in [4.78, 5) is 2.40. The van der Waals surface area contributed by atoms with E-state index in [1.165, 1.54) is 45.2 Å². The molecule has 0 aromatic carbocycles. The zero-order chi connectivity index (χ0) is 9.31. The number of hydrogen-bond donors (Lipinski definition) is 1. The summed E-state index contributed by atoms with van der Waals surface area (Å²) in [5.41, 5.74) is 6.44. The second kappa shape index (κ2) is 3.58. The van der Waals surface area contributed by atoms with Gasteiger partial charge < -0.3 is 10.6 Å². The largest absolute Gasteiger partial charge is 0.330 e. The quantitative estimate of drug-likeness (QED) is 0.700. The second-order valence-corrected chi connectivity index (χ2v) is 5.07. The van der Waals surface area contributed by atoms with Crippen molar-refractivity contribution < 1.29 is 0 Å². The van der Waals surface area contributed by atoms with Gasteiger partial charge in [0, 0.05) is 25.0 Å². The molecular weight excluding hydrogens is 160 g/mol. The molecule has 0 spiro atoms. The Morgan fingerprint density at radius 2 is 1.85 bits per heavy atom. The summed E-state index contributed by atoms with van der Waals surface area (Å²) in [6.45, 7) is 3.39. The maximum atomic E-state index is 5.94. The maximum absolute atomic E-state index is 5.94. The molecule has 0 amide bonds. The van der Waals surface area contributed by atoms with E-state index in [1.807, 2.05) is 0 Å². The first-order valence-electron chi connectivity index (χ1n) is 5.65. The van der Waals surface area contributed by atoms with Crippen molar-refractivity contribution in [2.45, 2.75) is 32.1 Å². The first-order valence-corrected chi connectivity index (χ1v) is 5.65. The van der Waals surface area contributed by atoms with Gasteiger partial charge in [-0.3, -0.25) is 0 Å². The van der Waals surface area contributed by atoms with Gasteiger partial charge in [-0.2, -0.15) is 0 Å². The number of nitrogens with two attached hydrogens (primary N) is 1. The van der Waals surface area contributed by atoms with Crippen LogP contribution in [0.2, 0.25) is 0 Å². The molecule has 0 atom stereocenters. The summed E-state index contributed by atoms with van der Waals surface area (Å²) in [7, 11) is 2.21. The summed E-state index contributed by atoms with van der Waals surface area (Å²) >= 11 is 0. The zero-order valence-corrected chi connectivity index (χ0v) is 8.76. The van der Waals surface area contributed by atoms with Crippen molar-refractivity contribution in [1.29, 1.82) is 0 Å². The van der Waals surface area contributed by atoms with Crippen molar-refractivity contribution in [3.05, 3.63) is 0 Å².